The summed E-state index contributed by atoms with van der Waals surface area (Å²) in [5.74, 6) is 2.03. The summed E-state index contributed by atoms with van der Waals surface area (Å²) >= 11 is 0. The zero-order valence-electron chi connectivity index (χ0n) is 17.4. The number of furan rings is 1. The molecule has 1 aliphatic rings. The lowest BCUT2D eigenvalue weighted by atomic mass is 10.00. The van der Waals surface area contributed by atoms with Gasteiger partial charge < -0.3 is 14.2 Å². The van der Waals surface area contributed by atoms with Gasteiger partial charge in [0.2, 0.25) is 0 Å². The summed E-state index contributed by atoms with van der Waals surface area (Å²) in [6, 6.07) is 22.0. The second kappa shape index (κ2) is 9.79. The Labute approximate surface area is 184 Å². The predicted molar refractivity (Wildman–Crippen MR) is 123 cm³/mol. The van der Waals surface area contributed by atoms with Crippen molar-refractivity contribution in [2.24, 2.45) is 0 Å². The summed E-state index contributed by atoms with van der Waals surface area (Å²) in [7, 11) is 4.05. The maximum absolute atomic E-state index is 13.5. The highest BCUT2D eigenvalue weighted by atomic mass is 35.5. The van der Waals surface area contributed by atoms with Crippen LogP contribution in [0.25, 0.3) is 11.6 Å². The molecule has 0 spiro atoms. The van der Waals surface area contributed by atoms with Crippen molar-refractivity contribution >= 4 is 30.0 Å². The van der Waals surface area contributed by atoms with E-state index in [2.05, 4.69) is 11.0 Å². The van der Waals surface area contributed by atoms with Crippen molar-refractivity contribution in [3.63, 3.8) is 0 Å². The lowest BCUT2D eigenvalue weighted by Crippen LogP contribution is -2.36. The van der Waals surface area contributed by atoms with Crippen molar-refractivity contribution in [2.45, 2.75) is 19.5 Å². The van der Waals surface area contributed by atoms with Gasteiger partial charge in [0.05, 0.1) is 6.54 Å². The molecule has 1 aromatic heterocycles. The molecular formula is C25H27ClN2O2. The molecule has 0 atom stereocenters. The standard InChI is InChI=1S/C25H26N2O2.ClH/c1-26(2)18-22-16-21-17-27(14-13-24(21)29-22)25(28)23(20-11-7-4-8-12-20)15-19-9-5-3-6-10-19;/h3-12,15-16H,13-14,17-18H2,1-2H3;1H. The average Bonchev–Trinajstić information content (AvgIpc) is 3.13. The molecule has 3 aromatic rings. The van der Waals surface area contributed by atoms with Crippen LogP contribution in [0.5, 0.6) is 0 Å². The fraction of sp³-hybridized carbons (Fsp3) is 0.240. The first-order valence-electron chi connectivity index (χ1n) is 9.97. The molecule has 0 unspecified atom stereocenters. The lowest BCUT2D eigenvalue weighted by molar-refractivity contribution is -0.125. The summed E-state index contributed by atoms with van der Waals surface area (Å²) in [5, 5.41) is 0. The molecular weight excluding hydrogens is 396 g/mol. The Morgan fingerprint density at radius 1 is 1.07 bits per heavy atom. The second-order valence-corrected chi connectivity index (χ2v) is 7.71. The first-order valence-corrected chi connectivity index (χ1v) is 9.97. The summed E-state index contributed by atoms with van der Waals surface area (Å²) in [6.07, 6.45) is 2.74. The molecule has 4 rings (SSSR count). The molecule has 0 radical (unpaired) electrons. The molecule has 5 heteroatoms. The highest BCUT2D eigenvalue weighted by Crippen LogP contribution is 2.27. The molecule has 1 amide bonds. The van der Waals surface area contributed by atoms with E-state index in [9.17, 15) is 4.79 Å². The summed E-state index contributed by atoms with van der Waals surface area (Å²) in [4.78, 5) is 17.5. The van der Waals surface area contributed by atoms with Crippen molar-refractivity contribution in [3.8, 4) is 0 Å². The van der Waals surface area contributed by atoms with E-state index >= 15 is 0 Å². The smallest absolute Gasteiger partial charge is 0.254 e. The minimum absolute atomic E-state index is 0. The van der Waals surface area contributed by atoms with E-state index < -0.39 is 0 Å². The Morgan fingerprint density at radius 2 is 1.73 bits per heavy atom. The van der Waals surface area contributed by atoms with Crippen LogP contribution < -0.4 is 0 Å². The van der Waals surface area contributed by atoms with E-state index in [-0.39, 0.29) is 18.3 Å². The Bertz CT molecular complexity index is 1010. The topological polar surface area (TPSA) is 36.7 Å². The van der Waals surface area contributed by atoms with Crippen LogP contribution in [0.4, 0.5) is 0 Å². The van der Waals surface area contributed by atoms with Crippen LogP contribution in [-0.4, -0.2) is 36.3 Å². The minimum Gasteiger partial charge on any atom is -0.464 e. The van der Waals surface area contributed by atoms with Crippen LogP contribution in [-0.2, 0) is 24.3 Å². The van der Waals surface area contributed by atoms with Crippen LogP contribution in [0.1, 0.15) is 28.2 Å². The molecule has 30 heavy (non-hydrogen) atoms. The van der Waals surface area contributed by atoms with Crippen molar-refractivity contribution in [3.05, 3.63) is 94.9 Å². The van der Waals surface area contributed by atoms with Crippen LogP contribution in [0.3, 0.4) is 0 Å². The monoisotopic (exact) mass is 422 g/mol. The first-order chi connectivity index (χ1) is 14.1. The van der Waals surface area contributed by atoms with Crippen LogP contribution >= 0.6 is 12.4 Å². The molecule has 156 valence electrons. The third-order valence-electron chi connectivity index (χ3n) is 5.10. The molecule has 0 bridgehead atoms. The average molecular weight is 423 g/mol. The Morgan fingerprint density at radius 3 is 2.40 bits per heavy atom. The molecule has 0 saturated carbocycles. The van der Waals surface area contributed by atoms with Crippen LogP contribution in [0.15, 0.2) is 71.1 Å². The molecule has 0 aliphatic carbocycles. The quantitative estimate of drug-likeness (QED) is 0.434. The number of carbonyl (C=O) groups excluding carboxylic acids is 1. The summed E-state index contributed by atoms with van der Waals surface area (Å²) in [5.41, 5.74) is 3.80. The van der Waals surface area contributed by atoms with Gasteiger partial charge in [-0.25, -0.2) is 0 Å². The minimum atomic E-state index is 0. The number of fused-ring (bicyclic) bond motifs is 1. The van der Waals surface area contributed by atoms with Gasteiger partial charge in [-0.1, -0.05) is 60.7 Å². The zero-order valence-corrected chi connectivity index (χ0v) is 18.2. The summed E-state index contributed by atoms with van der Waals surface area (Å²) < 4.78 is 5.99. The third-order valence-corrected chi connectivity index (χ3v) is 5.10. The van der Waals surface area contributed by atoms with Crippen molar-refractivity contribution in [2.75, 3.05) is 20.6 Å². The van der Waals surface area contributed by atoms with Gasteiger partial charge in [-0.3, -0.25) is 4.79 Å². The highest BCUT2D eigenvalue weighted by Gasteiger charge is 2.26. The zero-order chi connectivity index (χ0) is 20.2. The normalized spacial score (nSPS) is 13.7. The SMILES string of the molecule is CN(C)Cc1cc2c(o1)CCN(C(=O)C(=Cc1ccccc1)c1ccccc1)C2.Cl. The number of hydrogen-bond donors (Lipinski definition) is 0. The van der Waals surface area contributed by atoms with Crippen molar-refractivity contribution in [1.29, 1.82) is 0 Å². The molecule has 2 heterocycles. The van der Waals surface area contributed by atoms with E-state index in [1.54, 1.807) is 0 Å². The van der Waals surface area contributed by atoms with Gasteiger partial charge in [0.1, 0.15) is 11.5 Å². The van der Waals surface area contributed by atoms with E-state index in [4.69, 9.17) is 4.42 Å². The number of nitrogens with zero attached hydrogens (tertiary/aromatic N) is 2. The lowest BCUT2D eigenvalue weighted by Gasteiger charge is -2.27. The molecule has 4 nitrogen and oxygen atoms in total. The van der Waals surface area contributed by atoms with E-state index in [0.717, 1.165) is 46.7 Å². The number of benzene rings is 2. The largest absolute Gasteiger partial charge is 0.464 e. The second-order valence-electron chi connectivity index (χ2n) is 7.71. The van der Waals surface area contributed by atoms with E-state index in [0.29, 0.717) is 13.1 Å². The van der Waals surface area contributed by atoms with Gasteiger partial charge in [0.25, 0.3) is 5.91 Å². The Balaban J connectivity index is 0.00000256. The van der Waals surface area contributed by atoms with Gasteiger partial charge >= 0.3 is 0 Å². The van der Waals surface area contributed by atoms with Gasteiger partial charge in [0, 0.05) is 30.6 Å². The van der Waals surface area contributed by atoms with Crippen LogP contribution in [0.2, 0.25) is 0 Å². The third kappa shape index (κ3) is 5.02. The molecule has 2 aromatic carbocycles. The number of carbonyl (C=O) groups is 1. The van der Waals surface area contributed by atoms with Gasteiger partial charge in [-0.15, -0.1) is 12.4 Å². The molecule has 0 N–H and O–H groups in total. The Hall–Kier alpha value is -2.82. The number of halogens is 1. The van der Waals surface area contributed by atoms with Crippen molar-refractivity contribution in [1.82, 2.24) is 9.80 Å². The molecule has 1 aliphatic heterocycles. The number of hydrogen-bond acceptors (Lipinski definition) is 3. The van der Waals surface area contributed by atoms with Gasteiger partial charge in [-0.05, 0) is 37.4 Å². The fourth-order valence-electron chi connectivity index (χ4n) is 3.73. The maximum atomic E-state index is 13.5. The predicted octanol–water partition coefficient (Wildman–Crippen LogP) is 4.89. The number of rotatable bonds is 5. The highest BCUT2D eigenvalue weighted by molar-refractivity contribution is 6.24. The molecule has 0 fully saturated rings. The van der Waals surface area contributed by atoms with Crippen molar-refractivity contribution < 1.29 is 9.21 Å². The fourth-order valence-corrected chi connectivity index (χ4v) is 3.73. The van der Waals surface area contributed by atoms with E-state index in [1.807, 2.05) is 85.7 Å². The Kier molecular flexibility index (Phi) is 7.14. The molecule has 0 saturated heterocycles. The van der Waals surface area contributed by atoms with Gasteiger partial charge in [-0.2, -0.15) is 0 Å². The van der Waals surface area contributed by atoms with Gasteiger partial charge in [0.15, 0.2) is 0 Å². The number of amides is 1. The van der Waals surface area contributed by atoms with E-state index in [1.165, 1.54) is 0 Å². The first kappa shape index (κ1) is 21.9. The van der Waals surface area contributed by atoms with Crippen LogP contribution in [0, 0.1) is 0 Å². The maximum Gasteiger partial charge on any atom is 0.254 e. The summed E-state index contributed by atoms with van der Waals surface area (Å²) in [6.45, 7) is 2.02.